The number of allylic oxidation sites excluding steroid dienone is 2. The molecule has 2 aliphatic rings. The van der Waals surface area contributed by atoms with Crippen molar-refractivity contribution < 1.29 is 13.6 Å². The molecule has 35 heavy (non-hydrogen) atoms. The van der Waals surface area contributed by atoms with Crippen molar-refractivity contribution in [1.82, 2.24) is 0 Å². The van der Waals surface area contributed by atoms with Gasteiger partial charge in [-0.2, -0.15) is 0 Å². The van der Waals surface area contributed by atoms with Gasteiger partial charge in [-0.3, -0.25) is 4.99 Å². The molecule has 0 aromatic heterocycles. The molecule has 1 saturated carbocycles. The van der Waals surface area contributed by atoms with Gasteiger partial charge in [0.25, 0.3) is 0 Å². The molecular weight excluding hydrogens is 455 g/mol. The molecule has 0 bridgehead atoms. The molecule has 3 unspecified atom stereocenters. The Balaban J connectivity index is 2.01. The third-order valence-electron chi connectivity index (χ3n) is 9.15. The number of aldehydes is 1. The van der Waals surface area contributed by atoms with E-state index in [4.69, 9.17) is 14.8 Å². The molecule has 2 aliphatic carbocycles. The summed E-state index contributed by atoms with van der Waals surface area (Å²) in [4.78, 5) is 16.8. The molecule has 6 heteroatoms. The Morgan fingerprint density at radius 3 is 2.26 bits per heavy atom. The molecule has 3 rings (SSSR count). The van der Waals surface area contributed by atoms with Crippen LogP contribution in [0, 0.1) is 28.0 Å². The normalized spacial score (nSPS) is 28.0. The quantitative estimate of drug-likeness (QED) is 0.201. The summed E-state index contributed by atoms with van der Waals surface area (Å²) < 4.78 is 20.5. The minimum Gasteiger partial charge on any atom is -0.415 e. The van der Waals surface area contributed by atoms with Crippen LogP contribution in [0.2, 0.25) is 16.6 Å². The highest BCUT2D eigenvalue weighted by molar-refractivity contribution is 6.77. The highest BCUT2D eigenvalue weighted by atomic mass is 28.4. The van der Waals surface area contributed by atoms with E-state index in [1.165, 1.54) is 23.9 Å². The van der Waals surface area contributed by atoms with Gasteiger partial charge in [0.1, 0.15) is 12.1 Å². The van der Waals surface area contributed by atoms with Crippen molar-refractivity contribution in [2.75, 3.05) is 6.61 Å². The third-order valence-corrected chi connectivity index (χ3v) is 15.2. The van der Waals surface area contributed by atoms with E-state index in [0.29, 0.717) is 35.3 Å². The first-order valence-electron chi connectivity index (χ1n) is 13.1. The molecule has 1 aromatic rings. The Morgan fingerprint density at radius 1 is 1.14 bits per heavy atom. The molecule has 0 radical (unpaired) electrons. The van der Waals surface area contributed by atoms with E-state index in [1.54, 1.807) is 12.1 Å². The van der Waals surface area contributed by atoms with Gasteiger partial charge in [0.15, 0.2) is 8.32 Å². The van der Waals surface area contributed by atoms with E-state index < -0.39 is 8.32 Å². The van der Waals surface area contributed by atoms with Crippen molar-refractivity contribution in [2.24, 2.45) is 21.7 Å². The number of hydrogen-bond donors (Lipinski definition) is 1. The van der Waals surface area contributed by atoms with E-state index >= 15 is 0 Å². The summed E-state index contributed by atoms with van der Waals surface area (Å²) in [6, 6.07) is 6.16. The van der Waals surface area contributed by atoms with Gasteiger partial charge in [0.05, 0.1) is 5.69 Å². The van der Waals surface area contributed by atoms with Crippen LogP contribution in [0.3, 0.4) is 0 Å². The Labute approximate surface area is 212 Å². The van der Waals surface area contributed by atoms with Gasteiger partial charge in [0, 0.05) is 36.3 Å². The number of rotatable bonds is 10. The summed E-state index contributed by atoms with van der Waals surface area (Å²) in [6.07, 6.45) is 7.70. The molecule has 1 aromatic carbocycles. The summed E-state index contributed by atoms with van der Waals surface area (Å²) >= 11 is 0. The van der Waals surface area contributed by atoms with Gasteiger partial charge in [-0.05, 0) is 71.6 Å². The zero-order valence-electron chi connectivity index (χ0n) is 22.5. The van der Waals surface area contributed by atoms with Crippen LogP contribution in [0.4, 0.5) is 10.1 Å². The van der Waals surface area contributed by atoms with Crippen LogP contribution < -0.4 is 0 Å². The Bertz CT molecular complexity index is 963. The molecule has 0 spiro atoms. The number of aliphatic imine (C=N–C) groups is 1. The van der Waals surface area contributed by atoms with Crippen LogP contribution in [-0.2, 0) is 9.22 Å². The fourth-order valence-corrected chi connectivity index (χ4v) is 12.7. The smallest absolute Gasteiger partial charge is 0.200 e. The SMILES string of the molecule is CC(C)[Si](OCC1(CC=O)CCC2=CC(=Nc3ccc(F)cc3)C(C=N)CC21C)(C(C)C)C(C)C. The van der Waals surface area contributed by atoms with Crippen molar-refractivity contribution in [3.05, 3.63) is 41.7 Å². The van der Waals surface area contributed by atoms with Crippen LogP contribution >= 0.6 is 0 Å². The van der Waals surface area contributed by atoms with Gasteiger partial charge in [-0.15, -0.1) is 0 Å². The second-order valence-corrected chi connectivity index (χ2v) is 17.2. The van der Waals surface area contributed by atoms with Gasteiger partial charge in [-0.1, -0.05) is 54.0 Å². The zero-order chi connectivity index (χ0) is 26.0. The standard InChI is InChI=1S/C29H43FN2O2Si/c1-20(2)35(21(3)4,22(5)6)34-19-29(14-15-33)13-12-24-16-27(23(18-31)17-28(24,29)7)32-26-10-8-25(30)9-11-26/h8-11,15-16,18,20-23,31H,12-14,17,19H2,1-7H3. The maximum atomic E-state index is 13.4. The Hall–Kier alpha value is -1.92. The van der Waals surface area contributed by atoms with Crippen molar-refractivity contribution in [3.8, 4) is 0 Å². The summed E-state index contributed by atoms with van der Waals surface area (Å²) in [5, 5.41) is 8.18. The number of halogens is 1. The van der Waals surface area contributed by atoms with Crippen LogP contribution in [0.15, 0.2) is 40.9 Å². The lowest BCUT2D eigenvalue weighted by Crippen LogP contribution is -2.52. The zero-order valence-corrected chi connectivity index (χ0v) is 23.5. The maximum Gasteiger partial charge on any atom is 0.200 e. The van der Waals surface area contributed by atoms with Crippen molar-refractivity contribution in [3.63, 3.8) is 0 Å². The highest BCUT2D eigenvalue weighted by Crippen LogP contribution is 2.63. The molecule has 0 amide bonds. The number of nitrogens with one attached hydrogen (secondary N) is 1. The predicted molar refractivity (Wildman–Crippen MR) is 146 cm³/mol. The van der Waals surface area contributed by atoms with E-state index in [9.17, 15) is 9.18 Å². The van der Waals surface area contributed by atoms with Crippen LogP contribution in [0.5, 0.6) is 0 Å². The lowest BCUT2D eigenvalue weighted by molar-refractivity contribution is -0.112. The minimum absolute atomic E-state index is 0.153. The molecule has 4 nitrogen and oxygen atoms in total. The number of benzene rings is 1. The molecule has 0 saturated heterocycles. The molecule has 1 fully saturated rings. The lowest BCUT2D eigenvalue weighted by atomic mass is 9.58. The fourth-order valence-electron chi connectivity index (χ4n) is 7.14. The Kier molecular flexibility index (Phi) is 8.37. The van der Waals surface area contributed by atoms with Crippen LogP contribution in [0.25, 0.3) is 0 Å². The largest absolute Gasteiger partial charge is 0.415 e. The molecule has 0 aliphatic heterocycles. The number of carbonyl (C=O) groups excluding carboxylic acids is 1. The summed E-state index contributed by atoms with van der Waals surface area (Å²) in [5.74, 6) is -0.439. The predicted octanol–water partition coefficient (Wildman–Crippen LogP) is 8.06. The number of hydrogen-bond acceptors (Lipinski definition) is 4. The molecule has 3 atom stereocenters. The second-order valence-electron chi connectivity index (χ2n) is 11.7. The summed E-state index contributed by atoms with van der Waals surface area (Å²) in [7, 11) is -2.09. The maximum absolute atomic E-state index is 13.4. The third kappa shape index (κ3) is 4.88. The second kappa shape index (κ2) is 10.6. The van der Waals surface area contributed by atoms with Gasteiger partial charge in [-0.25, -0.2) is 4.39 Å². The fraction of sp³-hybridized carbons (Fsp3) is 0.621. The molecule has 0 heterocycles. The first-order valence-corrected chi connectivity index (χ1v) is 15.2. The van der Waals surface area contributed by atoms with E-state index in [0.717, 1.165) is 31.3 Å². The van der Waals surface area contributed by atoms with E-state index in [2.05, 4.69) is 54.5 Å². The first kappa shape index (κ1) is 27.7. The van der Waals surface area contributed by atoms with Crippen molar-refractivity contribution >= 4 is 32.2 Å². The number of nitrogens with zero attached hydrogens (tertiary/aromatic N) is 1. The lowest BCUT2D eigenvalue weighted by Gasteiger charge is -2.50. The van der Waals surface area contributed by atoms with Gasteiger partial charge in [0.2, 0.25) is 0 Å². The number of fused-ring (bicyclic) bond motifs is 1. The monoisotopic (exact) mass is 498 g/mol. The molecule has 1 N–H and O–H groups in total. The minimum atomic E-state index is -2.09. The van der Waals surface area contributed by atoms with E-state index in [-0.39, 0.29) is 22.6 Å². The average Bonchev–Trinajstić information content (AvgIpc) is 3.06. The highest BCUT2D eigenvalue weighted by Gasteiger charge is 2.58. The number of carbonyl (C=O) groups is 1. The average molecular weight is 499 g/mol. The summed E-state index contributed by atoms with van der Waals surface area (Å²) in [6.45, 7) is 16.6. The van der Waals surface area contributed by atoms with Gasteiger partial charge >= 0.3 is 0 Å². The Morgan fingerprint density at radius 2 is 1.74 bits per heavy atom. The van der Waals surface area contributed by atoms with Crippen LogP contribution in [-0.4, -0.2) is 33.1 Å². The van der Waals surface area contributed by atoms with Crippen molar-refractivity contribution in [2.45, 2.75) is 90.8 Å². The van der Waals surface area contributed by atoms with Crippen molar-refractivity contribution in [1.29, 1.82) is 5.41 Å². The molecular formula is C29H43FN2O2Si. The molecule has 192 valence electrons. The first-order chi connectivity index (χ1) is 16.5. The van der Waals surface area contributed by atoms with Gasteiger partial charge < -0.3 is 14.6 Å². The summed E-state index contributed by atoms with van der Waals surface area (Å²) in [5.41, 5.74) is 3.77. The van der Waals surface area contributed by atoms with E-state index in [1.807, 2.05) is 0 Å². The van der Waals surface area contributed by atoms with Crippen LogP contribution in [0.1, 0.15) is 74.1 Å². The topological polar surface area (TPSA) is 62.5 Å².